The van der Waals surface area contributed by atoms with Gasteiger partial charge in [-0.1, -0.05) is 64.5 Å². The number of nitrogens with zero attached hydrogens (tertiary/aromatic N) is 1. The number of carbonyl (C=O) groups excluding carboxylic acids is 2. The number of hydrogen-bond donors (Lipinski definition) is 1. The van der Waals surface area contributed by atoms with Crippen LogP contribution in [0.5, 0.6) is 0 Å². The highest BCUT2D eigenvalue weighted by atomic mass is 79.9. The highest BCUT2D eigenvalue weighted by Crippen LogP contribution is 2.66. The molecule has 2 bridgehead atoms. The van der Waals surface area contributed by atoms with Gasteiger partial charge >= 0.3 is 5.97 Å². The molecule has 0 aromatic heterocycles. The third kappa shape index (κ3) is 2.18. The standard InChI is InChI=1S/C25H16BrNO4/c26-25-17-7-3-1-5-15(17)19(16-6-2-4-8-18(16)25)20-21(25)23(29)27(22(20)28)14-11-9-13(10-12-14)24(30)31/h1-12,19-21H,(H,30,31)/t19?,20-,21-,25?/m1/s1. The van der Waals surface area contributed by atoms with Crippen molar-refractivity contribution in [3.05, 3.63) is 101 Å². The number of benzene rings is 3. The highest BCUT2D eigenvalue weighted by Gasteiger charge is 2.67. The van der Waals surface area contributed by atoms with Crippen LogP contribution in [0.1, 0.15) is 38.5 Å². The number of rotatable bonds is 2. The molecule has 5 nitrogen and oxygen atoms in total. The van der Waals surface area contributed by atoms with Crippen molar-refractivity contribution in [3.8, 4) is 0 Å². The van der Waals surface area contributed by atoms with Crippen LogP contribution >= 0.6 is 15.9 Å². The molecule has 3 aliphatic carbocycles. The van der Waals surface area contributed by atoms with Crippen molar-refractivity contribution >= 4 is 39.4 Å². The largest absolute Gasteiger partial charge is 0.478 e. The smallest absolute Gasteiger partial charge is 0.335 e. The fourth-order valence-electron chi connectivity index (χ4n) is 5.69. The molecule has 0 spiro atoms. The lowest BCUT2D eigenvalue weighted by Gasteiger charge is -2.51. The van der Waals surface area contributed by atoms with Gasteiger partial charge in [0.15, 0.2) is 0 Å². The van der Waals surface area contributed by atoms with E-state index in [1.807, 2.05) is 48.5 Å². The number of aromatic carboxylic acids is 1. The van der Waals surface area contributed by atoms with Gasteiger partial charge in [-0.25, -0.2) is 9.69 Å². The Morgan fingerprint density at radius 3 is 1.94 bits per heavy atom. The maximum atomic E-state index is 13.7. The Morgan fingerprint density at radius 2 is 1.39 bits per heavy atom. The van der Waals surface area contributed by atoms with Crippen LogP contribution in [0.25, 0.3) is 0 Å². The second kappa shape index (κ2) is 6.14. The lowest BCUT2D eigenvalue weighted by atomic mass is 9.55. The number of anilines is 1. The van der Waals surface area contributed by atoms with Gasteiger partial charge in [0.05, 0.1) is 27.4 Å². The molecule has 0 saturated carbocycles. The fraction of sp³-hybridized carbons (Fsp3) is 0.160. The molecule has 7 rings (SSSR count). The van der Waals surface area contributed by atoms with Gasteiger partial charge in [-0.3, -0.25) is 9.59 Å². The minimum atomic E-state index is -1.05. The molecule has 1 fully saturated rings. The second-order valence-corrected chi connectivity index (χ2v) is 9.48. The normalized spacial score (nSPS) is 27.6. The second-order valence-electron chi connectivity index (χ2n) is 8.23. The molecular formula is C25H16BrNO4. The van der Waals surface area contributed by atoms with Crippen molar-refractivity contribution in [2.24, 2.45) is 11.8 Å². The fourth-order valence-corrected chi connectivity index (χ4v) is 6.89. The van der Waals surface area contributed by atoms with E-state index in [1.165, 1.54) is 29.2 Å². The van der Waals surface area contributed by atoms with Gasteiger partial charge in [0, 0.05) is 5.92 Å². The first-order valence-electron chi connectivity index (χ1n) is 10.0. The summed E-state index contributed by atoms with van der Waals surface area (Å²) in [5.41, 5.74) is 4.72. The van der Waals surface area contributed by atoms with Crippen LogP contribution in [-0.4, -0.2) is 22.9 Å². The first-order chi connectivity index (χ1) is 14.9. The molecule has 152 valence electrons. The van der Waals surface area contributed by atoms with Crippen molar-refractivity contribution in [3.63, 3.8) is 0 Å². The van der Waals surface area contributed by atoms with E-state index in [4.69, 9.17) is 0 Å². The average Bonchev–Trinajstić information content (AvgIpc) is 3.06. The Balaban J connectivity index is 1.55. The molecule has 0 unspecified atom stereocenters. The quantitative estimate of drug-likeness (QED) is 0.445. The van der Waals surface area contributed by atoms with Crippen molar-refractivity contribution in [2.75, 3.05) is 4.90 Å². The number of imide groups is 1. The van der Waals surface area contributed by atoms with Crippen molar-refractivity contribution in [2.45, 2.75) is 10.2 Å². The van der Waals surface area contributed by atoms with E-state index < -0.39 is 22.1 Å². The first kappa shape index (κ1) is 18.5. The molecule has 1 saturated heterocycles. The summed E-state index contributed by atoms with van der Waals surface area (Å²) in [6.45, 7) is 0. The molecule has 2 amide bonds. The number of amides is 2. The number of carboxylic acid groups (broad SMARTS) is 1. The van der Waals surface area contributed by atoms with Gasteiger partial charge in [0.2, 0.25) is 11.8 Å². The molecule has 1 heterocycles. The number of carboxylic acids is 1. The first-order valence-corrected chi connectivity index (χ1v) is 10.8. The number of hydrogen-bond acceptors (Lipinski definition) is 3. The summed E-state index contributed by atoms with van der Waals surface area (Å²) >= 11 is 3.96. The molecule has 3 aromatic rings. The minimum absolute atomic E-state index is 0.108. The average molecular weight is 474 g/mol. The number of alkyl halides is 1. The summed E-state index contributed by atoms with van der Waals surface area (Å²) in [7, 11) is 0. The molecule has 3 aromatic carbocycles. The lowest BCUT2D eigenvalue weighted by molar-refractivity contribution is -0.122. The van der Waals surface area contributed by atoms with Crippen LogP contribution in [0.2, 0.25) is 0 Å². The molecule has 31 heavy (non-hydrogen) atoms. The Bertz CT molecular complexity index is 1250. The summed E-state index contributed by atoms with van der Waals surface area (Å²) in [5, 5.41) is 9.17. The van der Waals surface area contributed by atoms with Crippen LogP contribution in [0.3, 0.4) is 0 Å². The van der Waals surface area contributed by atoms with Crippen molar-refractivity contribution in [1.82, 2.24) is 0 Å². The van der Waals surface area contributed by atoms with Gasteiger partial charge in [0.25, 0.3) is 0 Å². The predicted molar refractivity (Wildman–Crippen MR) is 117 cm³/mol. The minimum Gasteiger partial charge on any atom is -0.478 e. The van der Waals surface area contributed by atoms with E-state index in [9.17, 15) is 19.5 Å². The van der Waals surface area contributed by atoms with Crippen LogP contribution in [0.15, 0.2) is 72.8 Å². The van der Waals surface area contributed by atoms with Gasteiger partial charge in [-0.15, -0.1) is 0 Å². The molecular weight excluding hydrogens is 458 g/mol. The zero-order chi connectivity index (χ0) is 21.5. The van der Waals surface area contributed by atoms with E-state index in [0.29, 0.717) is 5.69 Å². The monoisotopic (exact) mass is 473 g/mol. The molecule has 4 aliphatic rings. The third-order valence-electron chi connectivity index (χ3n) is 6.89. The molecule has 1 N–H and O–H groups in total. The van der Waals surface area contributed by atoms with E-state index >= 15 is 0 Å². The maximum absolute atomic E-state index is 13.7. The maximum Gasteiger partial charge on any atom is 0.335 e. The highest BCUT2D eigenvalue weighted by molar-refractivity contribution is 9.09. The predicted octanol–water partition coefficient (Wildman–Crippen LogP) is 4.29. The summed E-state index contributed by atoms with van der Waals surface area (Å²) in [6.07, 6.45) is 0. The molecule has 1 aliphatic heterocycles. The lowest BCUT2D eigenvalue weighted by Crippen LogP contribution is -2.50. The number of halogens is 1. The van der Waals surface area contributed by atoms with Crippen LogP contribution in [-0.2, 0) is 13.9 Å². The van der Waals surface area contributed by atoms with Crippen molar-refractivity contribution in [1.29, 1.82) is 0 Å². The molecule has 6 heteroatoms. The summed E-state index contributed by atoms with van der Waals surface area (Å²) < 4.78 is -0.790. The van der Waals surface area contributed by atoms with Gasteiger partial charge in [-0.2, -0.15) is 0 Å². The van der Waals surface area contributed by atoms with Crippen molar-refractivity contribution < 1.29 is 19.5 Å². The van der Waals surface area contributed by atoms with E-state index in [2.05, 4.69) is 15.9 Å². The summed E-state index contributed by atoms with van der Waals surface area (Å²) in [4.78, 5) is 39.9. The topological polar surface area (TPSA) is 74.7 Å². The van der Waals surface area contributed by atoms with Crippen LogP contribution < -0.4 is 4.90 Å². The Morgan fingerprint density at radius 1 is 0.839 bits per heavy atom. The Labute approximate surface area is 186 Å². The van der Waals surface area contributed by atoms with E-state index in [1.54, 1.807) is 0 Å². The van der Waals surface area contributed by atoms with Crippen LogP contribution in [0.4, 0.5) is 5.69 Å². The Kier molecular flexibility index (Phi) is 3.67. The molecule has 0 radical (unpaired) electrons. The SMILES string of the molecule is O=C(O)c1ccc(N2C(=O)[C@@H]3C4c5ccccc5C(Br)(c5ccccc54)[C@H]3C2=O)cc1. The zero-order valence-corrected chi connectivity index (χ0v) is 17.7. The van der Waals surface area contributed by atoms with Gasteiger partial charge < -0.3 is 5.11 Å². The third-order valence-corrected chi connectivity index (χ3v) is 8.23. The Hall–Kier alpha value is -3.25. The van der Waals surface area contributed by atoms with Gasteiger partial charge in [0.1, 0.15) is 0 Å². The summed E-state index contributed by atoms with van der Waals surface area (Å²) in [6, 6.07) is 21.9. The zero-order valence-electron chi connectivity index (χ0n) is 16.2. The van der Waals surface area contributed by atoms with E-state index in [0.717, 1.165) is 22.3 Å². The number of carbonyl (C=O) groups is 3. The molecule has 2 atom stereocenters. The summed E-state index contributed by atoms with van der Waals surface area (Å²) in [5.74, 6) is -2.84. The van der Waals surface area contributed by atoms with Gasteiger partial charge in [-0.05, 0) is 46.5 Å². The van der Waals surface area contributed by atoms with Crippen LogP contribution in [0, 0.1) is 11.8 Å². The van der Waals surface area contributed by atoms with E-state index in [-0.39, 0.29) is 23.3 Å².